The molecule has 0 spiro atoms. The summed E-state index contributed by atoms with van der Waals surface area (Å²) >= 11 is 12.3. The smallest absolute Gasteiger partial charge is 0.0453 e. The SMILES string of the molecule is CC(N)C1(Cc2c(Cl)cccc2Cl)CC1. The normalized spacial score (nSPS) is 20.0. The molecular formula is C12H15Cl2N. The molecule has 0 aliphatic heterocycles. The van der Waals surface area contributed by atoms with Gasteiger partial charge in [-0.3, -0.25) is 0 Å². The molecule has 1 atom stereocenters. The van der Waals surface area contributed by atoms with Crippen LogP contribution in [0, 0.1) is 5.41 Å². The van der Waals surface area contributed by atoms with Crippen LogP contribution in [0.25, 0.3) is 0 Å². The van der Waals surface area contributed by atoms with Gasteiger partial charge in [0.25, 0.3) is 0 Å². The fourth-order valence-corrected chi connectivity index (χ4v) is 2.54. The van der Waals surface area contributed by atoms with Gasteiger partial charge in [0, 0.05) is 16.1 Å². The van der Waals surface area contributed by atoms with Crippen LogP contribution in [0.1, 0.15) is 25.3 Å². The lowest BCUT2D eigenvalue weighted by Gasteiger charge is -2.20. The average molecular weight is 244 g/mol. The van der Waals surface area contributed by atoms with E-state index in [4.69, 9.17) is 28.9 Å². The first-order valence-corrected chi connectivity index (χ1v) is 5.99. The quantitative estimate of drug-likeness (QED) is 0.862. The Bertz CT molecular complexity index is 350. The van der Waals surface area contributed by atoms with E-state index in [1.54, 1.807) is 0 Å². The Morgan fingerprint density at radius 2 is 1.87 bits per heavy atom. The van der Waals surface area contributed by atoms with Gasteiger partial charge in [0.1, 0.15) is 0 Å². The van der Waals surface area contributed by atoms with Crippen molar-refractivity contribution >= 4 is 23.2 Å². The number of hydrogen-bond acceptors (Lipinski definition) is 1. The summed E-state index contributed by atoms with van der Waals surface area (Å²) in [5.74, 6) is 0. The number of hydrogen-bond donors (Lipinski definition) is 1. The van der Waals surface area contributed by atoms with Crippen molar-refractivity contribution in [3.63, 3.8) is 0 Å². The summed E-state index contributed by atoms with van der Waals surface area (Å²) < 4.78 is 0. The number of halogens is 2. The Morgan fingerprint density at radius 3 is 2.27 bits per heavy atom. The van der Waals surface area contributed by atoms with E-state index in [2.05, 4.69) is 6.92 Å². The summed E-state index contributed by atoms with van der Waals surface area (Å²) in [5.41, 5.74) is 7.29. The molecule has 15 heavy (non-hydrogen) atoms. The van der Waals surface area contributed by atoms with Crippen molar-refractivity contribution in [2.24, 2.45) is 11.1 Å². The van der Waals surface area contributed by atoms with E-state index in [0.29, 0.717) is 0 Å². The minimum atomic E-state index is 0.213. The first-order chi connectivity index (χ1) is 7.05. The van der Waals surface area contributed by atoms with E-state index < -0.39 is 0 Å². The molecule has 2 rings (SSSR count). The van der Waals surface area contributed by atoms with Crippen LogP contribution in [0.5, 0.6) is 0 Å². The van der Waals surface area contributed by atoms with Crippen LogP contribution in [-0.4, -0.2) is 6.04 Å². The predicted molar refractivity (Wildman–Crippen MR) is 65.5 cm³/mol. The van der Waals surface area contributed by atoms with E-state index in [0.717, 1.165) is 22.0 Å². The van der Waals surface area contributed by atoms with Crippen molar-refractivity contribution in [1.82, 2.24) is 0 Å². The minimum Gasteiger partial charge on any atom is -0.327 e. The highest BCUT2D eigenvalue weighted by molar-refractivity contribution is 6.36. The summed E-state index contributed by atoms with van der Waals surface area (Å²) in [6.07, 6.45) is 3.28. The summed E-state index contributed by atoms with van der Waals surface area (Å²) in [6, 6.07) is 5.87. The Kier molecular flexibility index (Phi) is 2.98. The van der Waals surface area contributed by atoms with E-state index in [1.807, 2.05) is 18.2 Å². The third-order valence-corrected chi connectivity index (χ3v) is 4.16. The van der Waals surface area contributed by atoms with Crippen LogP contribution in [-0.2, 0) is 6.42 Å². The van der Waals surface area contributed by atoms with Crippen LogP contribution >= 0.6 is 23.2 Å². The highest BCUT2D eigenvalue weighted by atomic mass is 35.5. The number of rotatable bonds is 3. The zero-order valence-corrected chi connectivity index (χ0v) is 10.3. The number of nitrogens with two attached hydrogens (primary N) is 1. The van der Waals surface area contributed by atoms with E-state index in [1.165, 1.54) is 12.8 Å². The maximum absolute atomic E-state index is 6.14. The molecule has 3 heteroatoms. The second kappa shape index (κ2) is 3.97. The number of benzene rings is 1. The fraction of sp³-hybridized carbons (Fsp3) is 0.500. The summed E-state index contributed by atoms with van der Waals surface area (Å²) in [5, 5.41) is 1.52. The zero-order valence-electron chi connectivity index (χ0n) is 8.76. The van der Waals surface area contributed by atoms with Gasteiger partial charge in [-0.2, -0.15) is 0 Å². The van der Waals surface area contributed by atoms with Crippen molar-refractivity contribution in [2.75, 3.05) is 0 Å². The largest absolute Gasteiger partial charge is 0.327 e. The molecule has 1 nitrogen and oxygen atoms in total. The topological polar surface area (TPSA) is 26.0 Å². The second-order valence-electron chi connectivity index (χ2n) is 4.53. The van der Waals surface area contributed by atoms with Gasteiger partial charge >= 0.3 is 0 Å². The van der Waals surface area contributed by atoms with Crippen molar-refractivity contribution in [1.29, 1.82) is 0 Å². The lowest BCUT2D eigenvalue weighted by molar-refractivity contribution is 0.419. The van der Waals surface area contributed by atoms with Crippen molar-refractivity contribution in [2.45, 2.75) is 32.2 Å². The Labute approximate surface area is 101 Å². The van der Waals surface area contributed by atoms with Gasteiger partial charge in [0.2, 0.25) is 0 Å². The minimum absolute atomic E-state index is 0.213. The Hall–Kier alpha value is -0.240. The highest BCUT2D eigenvalue weighted by Gasteiger charge is 2.46. The van der Waals surface area contributed by atoms with Gasteiger partial charge in [0.15, 0.2) is 0 Å². The van der Waals surface area contributed by atoms with Crippen LogP contribution in [0.15, 0.2) is 18.2 Å². The van der Waals surface area contributed by atoms with Gasteiger partial charge in [-0.15, -0.1) is 0 Å². The molecule has 1 aromatic rings. The molecule has 2 N–H and O–H groups in total. The van der Waals surface area contributed by atoms with Crippen molar-refractivity contribution in [3.05, 3.63) is 33.8 Å². The van der Waals surface area contributed by atoms with E-state index in [9.17, 15) is 0 Å². The molecule has 1 aliphatic carbocycles. The predicted octanol–water partition coefficient (Wildman–Crippen LogP) is 3.66. The van der Waals surface area contributed by atoms with E-state index in [-0.39, 0.29) is 11.5 Å². The molecule has 0 amide bonds. The second-order valence-corrected chi connectivity index (χ2v) is 5.34. The molecule has 1 unspecified atom stereocenters. The van der Waals surface area contributed by atoms with Gasteiger partial charge in [-0.05, 0) is 49.3 Å². The molecule has 0 heterocycles. The Balaban J connectivity index is 2.25. The molecule has 1 aliphatic rings. The first-order valence-electron chi connectivity index (χ1n) is 5.24. The fourth-order valence-electron chi connectivity index (χ4n) is 2.01. The highest BCUT2D eigenvalue weighted by Crippen LogP contribution is 2.51. The maximum Gasteiger partial charge on any atom is 0.0453 e. The third-order valence-electron chi connectivity index (χ3n) is 3.45. The molecule has 1 saturated carbocycles. The summed E-state index contributed by atoms with van der Waals surface area (Å²) in [6.45, 7) is 2.07. The van der Waals surface area contributed by atoms with Crippen LogP contribution in [0.3, 0.4) is 0 Å². The Morgan fingerprint density at radius 1 is 1.33 bits per heavy atom. The van der Waals surface area contributed by atoms with Gasteiger partial charge in [-0.1, -0.05) is 29.3 Å². The average Bonchev–Trinajstić information content (AvgIpc) is 2.93. The molecule has 1 fully saturated rings. The lowest BCUT2D eigenvalue weighted by Crippen LogP contribution is -2.30. The third kappa shape index (κ3) is 2.15. The van der Waals surface area contributed by atoms with E-state index >= 15 is 0 Å². The van der Waals surface area contributed by atoms with Gasteiger partial charge < -0.3 is 5.73 Å². The molecule has 0 saturated heterocycles. The monoisotopic (exact) mass is 243 g/mol. The van der Waals surface area contributed by atoms with Gasteiger partial charge in [0.05, 0.1) is 0 Å². The van der Waals surface area contributed by atoms with Crippen molar-refractivity contribution in [3.8, 4) is 0 Å². The first kappa shape index (κ1) is 11.3. The zero-order chi connectivity index (χ0) is 11.1. The van der Waals surface area contributed by atoms with Crippen molar-refractivity contribution < 1.29 is 0 Å². The van der Waals surface area contributed by atoms with Gasteiger partial charge in [-0.25, -0.2) is 0 Å². The molecular weight excluding hydrogens is 229 g/mol. The summed E-state index contributed by atoms with van der Waals surface area (Å²) in [7, 11) is 0. The molecule has 0 bridgehead atoms. The van der Waals surface area contributed by atoms with Crippen LogP contribution in [0.2, 0.25) is 10.0 Å². The molecule has 0 aromatic heterocycles. The standard InChI is InChI=1S/C12H15Cl2N/c1-8(15)12(5-6-12)7-9-10(13)3-2-4-11(9)14/h2-4,8H,5-7,15H2,1H3. The van der Waals surface area contributed by atoms with Crippen LogP contribution < -0.4 is 5.73 Å². The molecule has 82 valence electrons. The maximum atomic E-state index is 6.14. The van der Waals surface area contributed by atoms with Crippen LogP contribution in [0.4, 0.5) is 0 Å². The lowest BCUT2D eigenvalue weighted by atomic mass is 9.90. The molecule has 0 radical (unpaired) electrons. The molecule has 1 aromatic carbocycles. The summed E-state index contributed by atoms with van der Waals surface area (Å²) in [4.78, 5) is 0.